The SMILES string of the molecule is COc1cc(I)cc(/C=C2\C(=O)NC(=O)N(c3ccc(Br)cc3)C2=O)c1OC. The van der Waals surface area contributed by atoms with Gasteiger partial charge in [0.15, 0.2) is 11.5 Å². The molecule has 7 nitrogen and oxygen atoms in total. The molecule has 2 aromatic carbocycles. The molecule has 0 atom stereocenters. The van der Waals surface area contributed by atoms with Crippen LogP contribution in [-0.2, 0) is 9.59 Å². The summed E-state index contributed by atoms with van der Waals surface area (Å²) in [5.74, 6) is -0.659. The van der Waals surface area contributed by atoms with Crippen LogP contribution in [0.3, 0.4) is 0 Å². The molecular formula is C19H14BrIN2O5. The number of ether oxygens (including phenoxy) is 2. The van der Waals surface area contributed by atoms with Crippen molar-refractivity contribution in [1.82, 2.24) is 5.32 Å². The van der Waals surface area contributed by atoms with Crippen LogP contribution >= 0.6 is 38.5 Å². The number of carbonyl (C=O) groups excluding carboxylic acids is 3. The van der Waals surface area contributed by atoms with E-state index in [1.165, 1.54) is 20.3 Å². The minimum atomic E-state index is -0.804. The number of methoxy groups -OCH3 is 2. The Bertz CT molecular complexity index is 1000. The summed E-state index contributed by atoms with van der Waals surface area (Å²) >= 11 is 5.40. The minimum absolute atomic E-state index is 0.190. The summed E-state index contributed by atoms with van der Waals surface area (Å²) in [4.78, 5) is 38.5. The molecule has 1 N–H and O–H groups in total. The highest BCUT2D eigenvalue weighted by molar-refractivity contribution is 14.1. The number of barbiturate groups is 1. The number of carbonyl (C=O) groups is 3. The van der Waals surface area contributed by atoms with Crippen molar-refractivity contribution in [3.05, 3.63) is 55.6 Å². The van der Waals surface area contributed by atoms with Crippen molar-refractivity contribution < 1.29 is 23.9 Å². The van der Waals surface area contributed by atoms with Gasteiger partial charge in [0, 0.05) is 13.6 Å². The Labute approximate surface area is 182 Å². The van der Waals surface area contributed by atoms with Crippen LogP contribution in [0.2, 0.25) is 0 Å². The fourth-order valence-electron chi connectivity index (χ4n) is 2.70. The second-order valence-corrected chi connectivity index (χ2v) is 7.83. The fourth-order valence-corrected chi connectivity index (χ4v) is 3.59. The second-order valence-electron chi connectivity index (χ2n) is 5.66. The molecule has 1 aliphatic heterocycles. The predicted octanol–water partition coefficient (Wildman–Crippen LogP) is 3.74. The van der Waals surface area contributed by atoms with Gasteiger partial charge >= 0.3 is 6.03 Å². The van der Waals surface area contributed by atoms with Crippen LogP contribution in [0.1, 0.15) is 5.56 Å². The van der Waals surface area contributed by atoms with Crippen LogP contribution in [0.15, 0.2) is 46.4 Å². The molecule has 1 aliphatic rings. The summed E-state index contributed by atoms with van der Waals surface area (Å²) < 4.78 is 12.3. The molecule has 0 aromatic heterocycles. The number of nitrogens with one attached hydrogen (secondary N) is 1. The van der Waals surface area contributed by atoms with Gasteiger partial charge in [-0.25, -0.2) is 9.69 Å². The van der Waals surface area contributed by atoms with Gasteiger partial charge in [-0.1, -0.05) is 15.9 Å². The maximum absolute atomic E-state index is 13.0. The molecule has 28 heavy (non-hydrogen) atoms. The normalized spacial score (nSPS) is 15.6. The van der Waals surface area contributed by atoms with Gasteiger partial charge in [0.05, 0.1) is 19.9 Å². The number of hydrogen-bond donors (Lipinski definition) is 1. The second kappa shape index (κ2) is 8.31. The van der Waals surface area contributed by atoms with Crippen molar-refractivity contribution in [3.63, 3.8) is 0 Å². The number of urea groups is 1. The molecule has 0 spiro atoms. The van der Waals surface area contributed by atoms with Crippen molar-refractivity contribution in [2.45, 2.75) is 0 Å². The van der Waals surface area contributed by atoms with Crippen molar-refractivity contribution in [1.29, 1.82) is 0 Å². The summed E-state index contributed by atoms with van der Waals surface area (Å²) in [6, 6.07) is 9.31. The van der Waals surface area contributed by atoms with Crippen molar-refractivity contribution in [2.24, 2.45) is 0 Å². The zero-order valence-electron chi connectivity index (χ0n) is 14.8. The zero-order chi connectivity index (χ0) is 20.4. The molecule has 2 aromatic rings. The number of hydrogen-bond acceptors (Lipinski definition) is 5. The lowest BCUT2D eigenvalue weighted by atomic mass is 10.1. The molecule has 0 unspecified atom stereocenters. The average molecular weight is 557 g/mol. The first kappa shape index (κ1) is 20.3. The van der Waals surface area contributed by atoms with Gasteiger partial charge in [-0.3, -0.25) is 14.9 Å². The van der Waals surface area contributed by atoms with E-state index in [0.717, 1.165) is 12.9 Å². The van der Waals surface area contributed by atoms with Gasteiger partial charge in [0.1, 0.15) is 5.57 Å². The van der Waals surface area contributed by atoms with Gasteiger partial charge in [0.25, 0.3) is 11.8 Å². The molecule has 4 amide bonds. The van der Waals surface area contributed by atoms with Crippen molar-refractivity contribution in [2.75, 3.05) is 19.1 Å². The van der Waals surface area contributed by atoms with E-state index < -0.39 is 17.8 Å². The molecule has 1 fully saturated rings. The van der Waals surface area contributed by atoms with Crippen LogP contribution < -0.4 is 19.7 Å². The average Bonchev–Trinajstić information content (AvgIpc) is 2.66. The van der Waals surface area contributed by atoms with Gasteiger partial charge in [0.2, 0.25) is 0 Å². The molecule has 0 aliphatic carbocycles. The van der Waals surface area contributed by atoms with Gasteiger partial charge in [-0.05, 0) is 65.1 Å². The quantitative estimate of drug-likeness (QED) is 0.352. The number of nitrogens with zero attached hydrogens (tertiary/aromatic N) is 1. The Kier molecular flexibility index (Phi) is 6.04. The maximum Gasteiger partial charge on any atom is 0.335 e. The highest BCUT2D eigenvalue weighted by Gasteiger charge is 2.37. The Morgan fingerprint density at radius 1 is 1.07 bits per heavy atom. The fraction of sp³-hybridized carbons (Fsp3) is 0.105. The lowest BCUT2D eigenvalue weighted by Gasteiger charge is -2.26. The number of halogens is 2. The highest BCUT2D eigenvalue weighted by Crippen LogP contribution is 2.35. The number of amides is 4. The zero-order valence-corrected chi connectivity index (χ0v) is 18.5. The Balaban J connectivity index is 2.09. The van der Waals surface area contributed by atoms with Crippen LogP contribution in [0.25, 0.3) is 6.08 Å². The number of rotatable bonds is 4. The summed E-state index contributed by atoms with van der Waals surface area (Å²) in [5, 5.41) is 2.20. The third kappa shape index (κ3) is 3.90. The topological polar surface area (TPSA) is 84.9 Å². The van der Waals surface area contributed by atoms with Crippen LogP contribution in [-0.4, -0.2) is 32.1 Å². The summed E-state index contributed by atoms with van der Waals surface area (Å²) in [6.07, 6.45) is 1.39. The van der Waals surface area contributed by atoms with E-state index >= 15 is 0 Å². The first-order valence-corrected chi connectivity index (χ1v) is 9.81. The lowest BCUT2D eigenvalue weighted by molar-refractivity contribution is -0.122. The third-order valence-corrected chi connectivity index (χ3v) is 5.11. The van der Waals surface area contributed by atoms with Gasteiger partial charge in [-0.2, -0.15) is 0 Å². The Morgan fingerprint density at radius 2 is 1.75 bits per heavy atom. The summed E-state index contributed by atoms with van der Waals surface area (Å²) in [7, 11) is 2.96. The van der Waals surface area contributed by atoms with E-state index in [2.05, 4.69) is 43.8 Å². The minimum Gasteiger partial charge on any atom is -0.493 e. The number of anilines is 1. The first-order valence-electron chi connectivity index (χ1n) is 7.94. The van der Waals surface area contributed by atoms with Crippen LogP contribution in [0.4, 0.5) is 10.5 Å². The molecule has 9 heteroatoms. The van der Waals surface area contributed by atoms with Crippen LogP contribution in [0, 0.1) is 3.57 Å². The number of imide groups is 2. The standard InChI is InChI=1S/C19H14BrIN2O5/c1-27-15-9-12(21)7-10(16(15)28-2)8-14-17(24)22-19(26)23(18(14)25)13-5-3-11(20)4-6-13/h3-9H,1-2H3,(H,22,24,26)/b14-8+. The Morgan fingerprint density at radius 3 is 2.36 bits per heavy atom. The summed E-state index contributed by atoms with van der Waals surface area (Å²) in [5.41, 5.74) is 0.635. The monoisotopic (exact) mass is 556 g/mol. The van der Waals surface area contributed by atoms with E-state index in [9.17, 15) is 14.4 Å². The third-order valence-electron chi connectivity index (χ3n) is 3.96. The van der Waals surface area contributed by atoms with E-state index in [0.29, 0.717) is 22.7 Å². The molecule has 144 valence electrons. The lowest BCUT2D eigenvalue weighted by Crippen LogP contribution is -2.54. The molecule has 0 saturated carbocycles. The smallest absolute Gasteiger partial charge is 0.335 e. The largest absolute Gasteiger partial charge is 0.493 e. The Hall–Kier alpha value is -2.40. The van der Waals surface area contributed by atoms with Gasteiger partial charge < -0.3 is 9.47 Å². The van der Waals surface area contributed by atoms with E-state index in [-0.39, 0.29) is 5.57 Å². The van der Waals surface area contributed by atoms with Crippen LogP contribution in [0.5, 0.6) is 11.5 Å². The molecular weight excluding hydrogens is 543 g/mol. The highest BCUT2D eigenvalue weighted by atomic mass is 127. The molecule has 1 heterocycles. The van der Waals surface area contributed by atoms with Crippen molar-refractivity contribution in [3.8, 4) is 11.5 Å². The summed E-state index contributed by atoms with van der Waals surface area (Å²) in [6.45, 7) is 0. The number of benzene rings is 2. The van der Waals surface area contributed by atoms with E-state index in [1.807, 2.05) is 0 Å². The van der Waals surface area contributed by atoms with Crippen molar-refractivity contribution >= 4 is 68.1 Å². The predicted molar refractivity (Wildman–Crippen MR) is 115 cm³/mol. The van der Waals surface area contributed by atoms with Gasteiger partial charge in [-0.15, -0.1) is 0 Å². The maximum atomic E-state index is 13.0. The molecule has 3 rings (SSSR count). The first-order chi connectivity index (χ1) is 13.3. The molecule has 0 radical (unpaired) electrons. The van der Waals surface area contributed by atoms with E-state index in [4.69, 9.17) is 9.47 Å². The molecule has 1 saturated heterocycles. The van der Waals surface area contributed by atoms with E-state index in [1.54, 1.807) is 36.4 Å². The molecule has 0 bridgehead atoms.